The fourth-order valence-corrected chi connectivity index (χ4v) is 2.53. The molecule has 18 heavy (non-hydrogen) atoms. The van der Waals surface area contributed by atoms with Gasteiger partial charge in [0.25, 0.3) is 0 Å². The minimum absolute atomic E-state index is 0.260. The van der Waals surface area contributed by atoms with Gasteiger partial charge in [0.15, 0.2) is 0 Å². The zero-order chi connectivity index (χ0) is 14.0. The Kier molecular flexibility index (Phi) is 3.70. The van der Waals surface area contributed by atoms with Crippen LogP contribution in [-0.4, -0.2) is 14.0 Å². The van der Waals surface area contributed by atoms with Crippen molar-refractivity contribution in [3.8, 4) is 12.1 Å². The van der Waals surface area contributed by atoms with Crippen LogP contribution in [0.25, 0.3) is 0 Å². The quantitative estimate of drug-likeness (QED) is 0.892. The first-order chi connectivity index (χ1) is 8.22. The molecular formula is C11H10FN3O2S. The molecule has 0 atom stereocenters. The topological polar surface area (TPSA) is 93.8 Å². The highest BCUT2D eigenvalue weighted by molar-refractivity contribution is 7.89. The van der Waals surface area contributed by atoms with Crippen LogP contribution in [0.1, 0.15) is 19.4 Å². The van der Waals surface area contributed by atoms with E-state index in [4.69, 9.17) is 10.5 Å². The Bertz CT molecular complexity index is 654. The first-order valence-electron chi connectivity index (χ1n) is 4.87. The van der Waals surface area contributed by atoms with Gasteiger partial charge in [0.05, 0.1) is 16.5 Å². The van der Waals surface area contributed by atoms with Crippen LogP contribution in [0.4, 0.5) is 4.39 Å². The Hall–Kier alpha value is -1.96. The normalized spacial score (nSPS) is 11.6. The van der Waals surface area contributed by atoms with Gasteiger partial charge in [-0.05, 0) is 32.0 Å². The molecule has 1 aromatic rings. The van der Waals surface area contributed by atoms with Crippen molar-refractivity contribution < 1.29 is 12.8 Å². The lowest BCUT2D eigenvalue weighted by molar-refractivity contribution is 0.535. The number of nitrogens with zero attached hydrogens (tertiary/aromatic N) is 2. The van der Waals surface area contributed by atoms with Gasteiger partial charge >= 0.3 is 0 Å². The predicted molar refractivity (Wildman–Crippen MR) is 61.1 cm³/mol. The maximum Gasteiger partial charge on any atom is 0.241 e. The van der Waals surface area contributed by atoms with Crippen molar-refractivity contribution >= 4 is 10.0 Å². The summed E-state index contributed by atoms with van der Waals surface area (Å²) in [6.45, 7) is 2.78. The van der Waals surface area contributed by atoms with Gasteiger partial charge in [0.1, 0.15) is 17.4 Å². The van der Waals surface area contributed by atoms with Crippen LogP contribution in [0, 0.1) is 28.5 Å². The number of sulfonamides is 1. The Morgan fingerprint density at radius 2 is 1.94 bits per heavy atom. The average molecular weight is 267 g/mol. The lowest BCUT2D eigenvalue weighted by Crippen LogP contribution is -2.41. The van der Waals surface area contributed by atoms with Crippen molar-refractivity contribution in [3.05, 3.63) is 29.6 Å². The summed E-state index contributed by atoms with van der Waals surface area (Å²) in [5.74, 6) is -0.795. The second kappa shape index (κ2) is 4.73. The average Bonchev–Trinajstić information content (AvgIpc) is 2.28. The number of hydrogen-bond donors (Lipinski definition) is 1. The van der Waals surface area contributed by atoms with Crippen molar-refractivity contribution in [2.75, 3.05) is 0 Å². The summed E-state index contributed by atoms with van der Waals surface area (Å²) in [7, 11) is -3.97. The molecule has 1 N–H and O–H groups in total. The fraction of sp³-hybridized carbons (Fsp3) is 0.273. The number of nitriles is 2. The summed E-state index contributed by atoms with van der Waals surface area (Å²) in [6, 6.07) is 6.18. The van der Waals surface area contributed by atoms with Gasteiger partial charge in [-0.3, -0.25) is 0 Å². The third kappa shape index (κ3) is 3.04. The van der Waals surface area contributed by atoms with E-state index in [9.17, 15) is 12.8 Å². The number of nitrogens with one attached hydrogen (secondary N) is 1. The molecule has 0 aliphatic heterocycles. The van der Waals surface area contributed by atoms with E-state index in [2.05, 4.69) is 4.72 Å². The van der Waals surface area contributed by atoms with Crippen LogP contribution < -0.4 is 4.72 Å². The largest absolute Gasteiger partial charge is 0.241 e. The number of benzene rings is 1. The third-order valence-corrected chi connectivity index (χ3v) is 3.69. The second-order valence-corrected chi connectivity index (χ2v) is 5.78. The standard InChI is InChI=1S/C11H10FN3O2S/c1-11(2,7-14)15-18(16,17)9-3-4-10(12)8(5-9)6-13/h3-5,15H,1-2H3. The van der Waals surface area contributed by atoms with Crippen LogP contribution >= 0.6 is 0 Å². The van der Waals surface area contributed by atoms with E-state index in [1.54, 1.807) is 12.1 Å². The summed E-state index contributed by atoms with van der Waals surface area (Å²) in [4.78, 5) is -0.260. The molecule has 0 aliphatic rings. The van der Waals surface area contributed by atoms with Gasteiger partial charge in [0.2, 0.25) is 10.0 Å². The zero-order valence-electron chi connectivity index (χ0n) is 9.73. The van der Waals surface area contributed by atoms with Gasteiger partial charge in [-0.25, -0.2) is 12.8 Å². The summed E-state index contributed by atoms with van der Waals surface area (Å²) in [5.41, 5.74) is -1.66. The maximum atomic E-state index is 13.1. The minimum atomic E-state index is -3.97. The summed E-state index contributed by atoms with van der Waals surface area (Å²) in [6.07, 6.45) is 0. The molecule has 0 unspecified atom stereocenters. The Balaban J connectivity index is 3.24. The summed E-state index contributed by atoms with van der Waals surface area (Å²) >= 11 is 0. The van der Waals surface area contributed by atoms with Gasteiger partial charge in [0, 0.05) is 0 Å². The third-order valence-electron chi connectivity index (χ3n) is 2.04. The van der Waals surface area contributed by atoms with Gasteiger partial charge < -0.3 is 0 Å². The highest BCUT2D eigenvalue weighted by Gasteiger charge is 2.26. The number of hydrogen-bond acceptors (Lipinski definition) is 4. The molecule has 0 heterocycles. The summed E-state index contributed by atoms with van der Waals surface area (Å²) < 4.78 is 39.0. The van der Waals surface area contributed by atoms with E-state index in [-0.39, 0.29) is 10.5 Å². The van der Waals surface area contributed by atoms with Crippen molar-refractivity contribution in [1.82, 2.24) is 4.72 Å². The molecule has 0 bridgehead atoms. The van der Waals surface area contributed by atoms with Crippen LogP contribution in [0.5, 0.6) is 0 Å². The molecule has 1 rings (SSSR count). The van der Waals surface area contributed by atoms with Crippen LogP contribution in [-0.2, 0) is 10.0 Å². The first-order valence-corrected chi connectivity index (χ1v) is 6.35. The monoisotopic (exact) mass is 267 g/mol. The molecule has 5 nitrogen and oxygen atoms in total. The Morgan fingerprint density at radius 1 is 1.33 bits per heavy atom. The molecule has 0 saturated carbocycles. The maximum absolute atomic E-state index is 13.1. The van der Waals surface area contributed by atoms with E-state index in [0.717, 1.165) is 18.2 Å². The number of halogens is 1. The molecule has 7 heteroatoms. The lowest BCUT2D eigenvalue weighted by atomic mass is 10.1. The van der Waals surface area contributed by atoms with Crippen molar-refractivity contribution in [2.24, 2.45) is 0 Å². The van der Waals surface area contributed by atoms with Crippen molar-refractivity contribution in [3.63, 3.8) is 0 Å². The first kappa shape index (κ1) is 14.1. The Morgan fingerprint density at radius 3 is 2.44 bits per heavy atom. The molecule has 0 radical (unpaired) electrons. The molecule has 0 amide bonds. The van der Waals surface area contributed by atoms with Gasteiger partial charge in [-0.2, -0.15) is 15.2 Å². The number of rotatable bonds is 3. The van der Waals surface area contributed by atoms with Gasteiger partial charge in [-0.15, -0.1) is 0 Å². The van der Waals surface area contributed by atoms with Crippen LogP contribution in [0.2, 0.25) is 0 Å². The molecule has 0 aromatic heterocycles. The molecule has 0 spiro atoms. The smallest absolute Gasteiger partial charge is 0.207 e. The van der Waals surface area contributed by atoms with Crippen molar-refractivity contribution in [2.45, 2.75) is 24.3 Å². The second-order valence-electron chi connectivity index (χ2n) is 4.10. The van der Waals surface area contributed by atoms with E-state index < -0.39 is 21.4 Å². The molecule has 0 aliphatic carbocycles. The van der Waals surface area contributed by atoms with Crippen molar-refractivity contribution in [1.29, 1.82) is 10.5 Å². The molecular weight excluding hydrogens is 257 g/mol. The molecule has 0 saturated heterocycles. The van der Waals surface area contributed by atoms with Crippen LogP contribution in [0.15, 0.2) is 23.1 Å². The van der Waals surface area contributed by atoms with E-state index in [1.807, 2.05) is 0 Å². The lowest BCUT2D eigenvalue weighted by Gasteiger charge is -2.17. The Labute approximate surface area is 105 Å². The van der Waals surface area contributed by atoms with Gasteiger partial charge in [-0.1, -0.05) is 0 Å². The SMILES string of the molecule is CC(C)(C#N)NS(=O)(=O)c1ccc(F)c(C#N)c1. The predicted octanol–water partition coefficient (Wildman–Crippen LogP) is 1.28. The van der Waals surface area contributed by atoms with E-state index >= 15 is 0 Å². The highest BCUT2D eigenvalue weighted by Crippen LogP contribution is 2.16. The van der Waals surface area contributed by atoms with E-state index in [0.29, 0.717) is 0 Å². The zero-order valence-corrected chi connectivity index (χ0v) is 10.5. The summed E-state index contributed by atoms with van der Waals surface area (Å²) in [5, 5.41) is 17.4. The molecule has 1 aromatic carbocycles. The molecule has 94 valence electrons. The molecule has 0 fully saturated rings. The minimum Gasteiger partial charge on any atom is -0.207 e. The van der Waals surface area contributed by atoms with Crippen LogP contribution in [0.3, 0.4) is 0 Å². The highest BCUT2D eigenvalue weighted by atomic mass is 32.2. The van der Waals surface area contributed by atoms with E-state index in [1.165, 1.54) is 13.8 Å². The fourth-order valence-electron chi connectivity index (χ4n) is 1.17.